The van der Waals surface area contributed by atoms with E-state index < -0.39 is 0 Å². The molecule has 2 atom stereocenters. The molecule has 4 heteroatoms. The summed E-state index contributed by atoms with van der Waals surface area (Å²) in [6, 6.07) is 5.20. The molecule has 0 aromatic heterocycles. The zero-order valence-electron chi connectivity index (χ0n) is 9.80. The predicted molar refractivity (Wildman–Crippen MR) is 73.2 cm³/mol. The highest BCUT2D eigenvalue weighted by Gasteiger charge is 2.30. The van der Waals surface area contributed by atoms with Crippen LogP contribution in [0, 0.1) is 11.7 Å². The quantitative estimate of drug-likeness (QED) is 0.758. The van der Waals surface area contributed by atoms with Crippen LogP contribution in [-0.4, -0.2) is 22.8 Å². The van der Waals surface area contributed by atoms with Gasteiger partial charge in [-0.1, -0.05) is 40.5 Å². The first-order valence-electron chi connectivity index (χ1n) is 5.85. The van der Waals surface area contributed by atoms with Gasteiger partial charge in [0.25, 0.3) is 0 Å². The summed E-state index contributed by atoms with van der Waals surface area (Å²) in [5.41, 5.74) is 1.01. The van der Waals surface area contributed by atoms with E-state index in [0.717, 1.165) is 24.0 Å². The highest BCUT2D eigenvalue weighted by atomic mass is 79.9. The molecule has 0 N–H and O–H groups in total. The fraction of sp³-hybridized carbons (Fsp3) is 0.538. The average Bonchev–Trinajstić information content (AvgIpc) is 2.63. The first-order chi connectivity index (χ1) is 8.11. The fourth-order valence-electron chi connectivity index (χ4n) is 2.40. The van der Waals surface area contributed by atoms with Crippen LogP contribution in [0.4, 0.5) is 4.39 Å². The Labute approximate surface area is 115 Å². The Bertz CT molecular complexity index is 399. The van der Waals surface area contributed by atoms with Crippen LogP contribution in [0.3, 0.4) is 0 Å². The third kappa shape index (κ3) is 3.01. The molecule has 2 unspecified atom stereocenters. The Kier molecular flexibility index (Phi) is 4.45. The number of likely N-dealkylation sites (tertiary alicyclic amines) is 1. The standard InChI is InChI=1S/C13H16BrClFN/c1-9-4-5-17(13(9)7-14)8-10-2-3-11(16)6-12(10)15/h2-3,6,9,13H,4-5,7-8H2,1H3. The maximum Gasteiger partial charge on any atom is 0.124 e. The van der Waals surface area contributed by atoms with E-state index in [1.165, 1.54) is 18.6 Å². The maximum atomic E-state index is 13.0. The van der Waals surface area contributed by atoms with Gasteiger partial charge >= 0.3 is 0 Å². The summed E-state index contributed by atoms with van der Waals surface area (Å²) in [6.07, 6.45) is 1.22. The Hall–Kier alpha value is -0.120. The van der Waals surface area contributed by atoms with E-state index in [4.69, 9.17) is 11.6 Å². The lowest BCUT2D eigenvalue weighted by Crippen LogP contribution is -2.33. The molecule has 0 bridgehead atoms. The van der Waals surface area contributed by atoms with Gasteiger partial charge in [-0.15, -0.1) is 0 Å². The molecule has 0 amide bonds. The third-order valence-electron chi connectivity index (χ3n) is 3.54. The Morgan fingerprint density at radius 3 is 2.94 bits per heavy atom. The zero-order valence-corrected chi connectivity index (χ0v) is 12.1. The fourth-order valence-corrected chi connectivity index (χ4v) is 3.68. The van der Waals surface area contributed by atoms with E-state index in [2.05, 4.69) is 27.8 Å². The molecule has 1 aliphatic rings. The molecule has 1 fully saturated rings. The molecule has 2 rings (SSSR count). The molecular formula is C13H16BrClFN. The second-order valence-corrected chi connectivity index (χ2v) is 5.75. The molecule has 94 valence electrons. The number of hydrogen-bond donors (Lipinski definition) is 0. The average molecular weight is 321 g/mol. The molecule has 1 aromatic rings. The van der Waals surface area contributed by atoms with Crippen molar-refractivity contribution in [2.24, 2.45) is 5.92 Å². The minimum Gasteiger partial charge on any atom is -0.295 e. The van der Waals surface area contributed by atoms with Gasteiger partial charge in [-0.05, 0) is 36.6 Å². The van der Waals surface area contributed by atoms with Crippen LogP contribution in [0.15, 0.2) is 18.2 Å². The summed E-state index contributed by atoms with van der Waals surface area (Å²) in [5.74, 6) is 0.430. The van der Waals surface area contributed by atoms with E-state index in [-0.39, 0.29) is 5.82 Å². The third-order valence-corrected chi connectivity index (χ3v) is 4.56. The maximum absolute atomic E-state index is 13.0. The van der Waals surface area contributed by atoms with Gasteiger partial charge in [-0.3, -0.25) is 4.90 Å². The normalized spacial score (nSPS) is 25.4. The van der Waals surface area contributed by atoms with E-state index >= 15 is 0 Å². The molecule has 1 nitrogen and oxygen atoms in total. The van der Waals surface area contributed by atoms with Gasteiger partial charge in [-0.2, -0.15) is 0 Å². The van der Waals surface area contributed by atoms with E-state index in [9.17, 15) is 4.39 Å². The monoisotopic (exact) mass is 319 g/mol. The number of benzene rings is 1. The minimum atomic E-state index is -0.273. The Balaban J connectivity index is 2.10. The largest absolute Gasteiger partial charge is 0.295 e. The second kappa shape index (κ2) is 5.68. The van der Waals surface area contributed by atoms with Crippen molar-refractivity contribution in [3.63, 3.8) is 0 Å². The summed E-state index contributed by atoms with van der Waals surface area (Å²) >= 11 is 9.62. The molecule has 17 heavy (non-hydrogen) atoms. The van der Waals surface area contributed by atoms with Gasteiger partial charge in [0.05, 0.1) is 0 Å². The van der Waals surface area contributed by atoms with Crippen LogP contribution in [0.1, 0.15) is 18.9 Å². The summed E-state index contributed by atoms with van der Waals surface area (Å²) in [5, 5.41) is 1.50. The molecule has 0 aliphatic carbocycles. The molecule has 1 saturated heterocycles. The van der Waals surface area contributed by atoms with Crippen molar-refractivity contribution in [2.75, 3.05) is 11.9 Å². The van der Waals surface area contributed by atoms with Gasteiger partial charge in [0.1, 0.15) is 5.82 Å². The van der Waals surface area contributed by atoms with Gasteiger partial charge < -0.3 is 0 Å². The van der Waals surface area contributed by atoms with Crippen LogP contribution in [0.5, 0.6) is 0 Å². The summed E-state index contributed by atoms with van der Waals surface area (Å²) in [7, 11) is 0. The SMILES string of the molecule is CC1CCN(Cc2ccc(F)cc2Cl)C1CBr. The first kappa shape index (κ1) is 13.3. The summed E-state index contributed by atoms with van der Waals surface area (Å²) in [6.45, 7) is 4.17. The molecule has 1 aromatic carbocycles. The minimum absolute atomic E-state index is 0.273. The molecule has 1 aliphatic heterocycles. The lowest BCUT2D eigenvalue weighted by atomic mass is 10.0. The highest BCUT2D eigenvalue weighted by molar-refractivity contribution is 9.09. The van der Waals surface area contributed by atoms with Crippen molar-refractivity contribution >= 4 is 27.5 Å². The van der Waals surface area contributed by atoms with Crippen molar-refractivity contribution in [1.82, 2.24) is 4.90 Å². The van der Waals surface area contributed by atoms with Gasteiger partial charge in [0.2, 0.25) is 0 Å². The smallest absolute Gasteiger partial charge is 0.124 e. The summed E-state index contributed by atoms with van der Waals surface area (Å²) in [4.78, 5) is 2.42. The highest BCUT2D eigenvalue weighted by Crippen LogP contribution is 2.28. The number of rotatable bonds is 3. The van der Waals surface area contributed by atoms with Crippen LogP contribution < -0.4 is 0 Å². The molecule has 0 saturated carbocycles. The van der Waals surface area contributed by atoms with E-state index in [0.29, 0.717) is 17.0 Å². The van der Waals surface area contributed by atoms with Gasteiger partial charge in [0, 0.05) is 22.9 Å². The first-order valence-corrected chi connectivity index (χ1v) is 7.35. The van der Waals surface area contributed by atoms with Crippen molar-refractivity contribution in [2.45, 2.75) is 25.9 Å². The Morgan fingerprint density at radius 1 is 1.53 bits per heavy atom. The van der Waals surface area contributed by atoms with Gasteiger partial charge in [0.15, 0.2) is 0 Å². The topological polar surface area (TPSA) is 3.24 Å². The van der Waals surface area contributed by atoms with E-state index in [1.807, 2.05) is 0 Å². The predicted octanol–water partition coefficient (Wildman–Crippen LogP) is 4.08. The number of alkyl halides is 1. The summed E-state index contributed by atoms with van der Waals surface area (Å²) < 4.78 is 13.0. The van der Waals surface area contributed by atoms with E-state index in [1.54, 1.807) is 6.07 Å². The Morgan fingerprint density at radius 2 is 2.29 bits per heavy atom. The van der Waals surface area contributed by atoms with Crippen LogP contribution in [0.2, 0.25) is 5.02 Å². The zero-order chi connectivity index (χ0) is 12.4. The second-order valence-electron chi connectivity index (χ2n) is 4.69. The number of nitrogens with zero attached hydrogens (tertiary/aromatic N) is 1. The van der Waals surface area contributed by atoms with Crippen LogP contribution >= 0.6 is 27.5 Å². The van der Waals surface area contributed by atoms with Crippen LogP contribution in [-0.2, 0) is 6.54 Å². The number of hydrogen-bond acceptors (Lipinski definition) is 1. The lowest BCUT2D eigenvalue weighted by molar-refractivity contribution is 0.244. The molecular weight excluding hydrogens is 305 g/mol. The molecule has 0 radical (unpaired) electrons. The van der Waals surface area contributed by atoms with Gasteiger partial charge in [-0.25, -0.2) is 4.39 Å². The number of halogens is 3. The van der Waals surface area contributed by atoms with Crippen molar-refractivity contribution < 1.29 is 4.39 Å². The van der Waals surface area contributed by atoms with Crippen molar-refractivity contribution in [3.05, 3.63) is 34.6 Å². The lowest BCUT2D eigenvalue weighted by Gasteiger charge is -2.25. The van der Waals surface area contributed by atoms with Crippen LogP contribution in [0.25, 0.3) is 0 Å². The van der Waals surface area contributed by atoms with Crippen molar-refractivity contribution in [3.8, 4) is 0 Å². The molecule has 0 spiro atoms. The molecule has 1 heterocycles. The van der Waals surface area contributed by atoms with Crippen molar-refractivity contribution in [1.29, 1.82) is 0 Å².